The highest BCUT2D eigenvalue weighted by Crippen LogP contribution is 2.40. The molecule has 0 radical (unpaired) electrons. The van der Waals surface area contributed by atoms with Crippen molar-refractivity contribution in [3.8, 4) is 6.07 Å². The average molecular weight is 432 g/mol. The van der Waals surface area contributed by atoms with Gasteiger partial charge in [0.1, 0.15) is 0 Å². The van der Waals surface area contributed by atoms with Crippen molar-refractivity contribution in [2.45, 2.75) is 62.5 Å². The number of hydrogen-bond donors (Lipinski definition) is 1. The number of β-amino-alcohol motifs (C(OH)–C–C–N with tert-alkyl or cyclic N) is 1. The number of piperazine rings is 1. The van der Waals surface area contributed by atoms with Crippen LogP contribution in [0.4, 0.5) is 0 Å². The van der Waals surface area contributed by atoms with Gasteiger partial charge in [0.2, 0.25) is 0 Å². The van der Waals surface area contributed by atoms with Gasteiger partial charge in [-0.25, -0.2) is 0 Å². The van der Waals surface area contributed by atoms with E-state index in [0.29, 0.717) is 12.6 Å². The maximum Gasteiger partial charge on any atom is 0.0823 e. The molecule has 1 saturated heterocycles. The highest BCUT2D eigenvalue weighted by molar-refractivity contribution is 5.33. The highest BCUT2D eigenvalue weighted by atomic mass is 16.3. The van der Waals surface area contributed by atoms with Crippen LogP contribution in [0.5, 0.6) is 0 Å². The zero-order chi connectivity index (χ0) is 22.6. The van der Waals surface area contributed by atoms with E-state index in [-0.39, 0.29) is 10.8 Å². The van der Waals surface area contributed by atoms with E-state index >= 15 is 0 Å². The number of nitriles is 1. The molecule has 1 heterocycles. The summed E-state index contributed by atoms with van der Waals surface area (Å²) < 4.78 is 0. The van der Waals surface area contributed by atoms with E-state index in [4.69, 9.17) is 0 Å². The molecule has 1 N–H and O–H groups in total. The van der Waals surface area contributed by atoms with Crippen LogP contribution >= 0.6 is 0 Å². The first-order valence-corrected chi connectivity index (χ1v) is 12.1. The van der Waals surface area contributed by atoms with Crippen molar-refractivity contribution in [1.82, 2.24) is 9.80 Å². The SMILES string of the molecule is CC(C)(c1ccccc1)C(O)CN1CCN(C2CCC(C#N)(c3ccccc3)CC2)CC1. The van der Waals surface area contributed by atoms with E-state index in [0.717, 1.165) is 51.9 Å². The maximum absolute atomic E-state index is 11.0. The largest absolute Gasteiger partial charge is 0.391 e. The van der Waals surface area contributed by atoms with E-state index in [1.165, 1.54) is 11.1 Å². The van der Waals surface area contributed by atoms with Gasteiger partial charge in [0.15, 0.2) is 0 Å². The van der Waals surface area contributed by atoms with Gasteiger partial charge in [-0.15, -0.1) is 0 Å². The van der Waals surface area contributed by atoms with Crippen LogP contribution in [0.2, 0.25) is 0 Å². The molecule has 0 bridgehead atoms. The third-order valence-electron chi connectivity index (χ3n) is 8.05. The highest BCUT2D eigenvalue weighted by Gasteiger charge is 2.39. The molecular weight excluding hydrogens is 394 g/mol. The Kier molecular flexibility index (Phi) is 7.00. The van der Waals surface area contributed by atoms with Crippen LogP contribution in [0.25, 0.3) is 0 Å². The predicted octanol–water partition coefficient (Wildman–Crippen LogP) is 4.35. The van der Waals surface area contributed by atoms with E-state index in [1.54, 1.807) is 0 Å². The summed E-state index contributed by atoms with van der Waals surface area (Å²) in [5.41, 5.74) is 1.79. The minimum Gasteiger partial charge on any atom is -0.391 e. The van der Waals surface area contributed by atoms with Crippen LogP contribution in [0, 0.1) is 11.3 Å². The maximum atomic E-state index is 11.0. The molecule has 2 aliphatic rings. The standard InChI is InChI=1S/C28H37N3O/c1-27(2,23-9-5-3-6-10-23)26(32)21-30-17-19-31(20-18-30)25-13-15-28(22-29,16-14-25)24-11-7-4-8-12-24/h3-12,25-26,32H,13-21H2,1-2H3. The topological polar surface area (TPSA) is 50.5 Å². The van der Waals surface area contributed by atoms with E-state index < -0.39 is 6.10 Å². The number of rotatable bonds is 6. The van der Waals surface area contributed by atoms with Crippen LogP contribution in [-0.2, 0) is 10.8 Å². The summed E-state index contributed by atoms with van der Waals surface area (Å²) in [6, 6.07) is 23.9. The van der Waals surface area contributed by atoms with Crippen LogP contribution in [0.3, 0.4) is 0 Å². The van der Waals surface area contributed by atoms with Gasteiger partial charge in [-0.2, -0.15) is 5.26 Å². The molecule has 0 amide bonds. The van der Waals surface area contributed by atoms with Crippen molar-refractivity contribution in [3.05, 3.63) is 71.8 Å². The smallest absolute Gasteiger partial charge is 0.0823 e. The molecule has 32 heavy (non-hydrogen) atoms. The Labute approximate surface area is 193 Å². The second kappa shape index (κ2) is 9.75. The molecule has 4 nitrogen and oxygen atoms in total. The zero-order valence-corrected chi connectivity index (χ0v) is 19.6. The van der Waals surface area contributed by atoms with E-state index in [2.05, 4.69) is 54.0 Å². The molecule has 0 spiro atoms. The molecule has 0 aromatic heterocycles. The second-order valence-corrected chi connectivity index (χ2v) is 10.2. The van der Waals surface area contributed by atoms with Crippen molar-refractivity contribution >= 4 is 0 Å². The average Bonchev–Trinajstić information content (AvgIpc) is 2.85. The van der Waals surface area contributed by atoms with Crippen molar-refractivity contribution in [2.75, 3.05) is 32.7 Å². The third kappa shape index (κ3) is 4.76. The lowest BCUT2D eigenvalue weighted by atomic mass is 9.69. The Morgan fingerprint density at radius 1 is 0.969 bits per heavy atom. The monoisotopic (exact) mass is 431 g/mol. The second-order valence-electron chi connectivity index (χ2n) is 10.2. The molecular formula is C28H37N3O. The first-order valence-electron chi connectivity index (χ1n) is 12.1. The quantitative estimate of drug-likeness (QED) is 0.739. The summed E-state index contributed by atoms with van der Waals surface area (Å²) >= 11 is 0. The van der Waals surface area contributed by atoms with Crippen LogP contribution in [-0.4, -0.2) is 59.8 Å². The van der Waals surface area contributed by atoms with Crippen LogP contribution < -0.4 is 0 Å². The Bertz CT molecular complexity index is 889. The molecule has 2 aromatic carbocycles. The van der Waals surface area contributed by atoms with Crippen molar-refractivity contribution in [1.29, 1.82) is 5.26 Å². The third-order valence-corrected chi connectivity index (χ3v) is 8.05. The Morgan fingerprint density at radius 2 is 1.53 bits per heavy atom. The Morgan fingerprint density at radius 3 is 2.09 bits per heavy atom. The molecule has 170 valence electrons. The predicted molar refractivity (Wildman–Crippen MR) is 129 cm³/mol. The number of nitrogens with zero attached hydrogens (tertiary/aromatic N) is 3. The summed E-state index contributed by atoms with van der Waals surface area (Å²) in [5, 5.41) is 21.0. The lowest BCUT2D eigenvalue weighted by Gasteiger charge is -2.45. The Balaban J connectivity index is 1.28. The zero-order valence-electron chi connectivity index (χ0n) is 19.6. The van der Waals surface area contributed by atoms with Crippen LogP contribution in [0.15, 0.2) is 60.7 Å². The molecule has 1 saturated carbocycles. The number of aliphatic hydroxyl groups excluding tert-OH is 1. The van der Waals surface area contributed by atoms with Crippen molar-refractivity contribution in [2.24, 2.45) is 0 Å². The van der Waals surface area contributed by atoms with Gasteiger partial charge < -0.3 is 5.11 Å². The number of hydrogen-bond acceptors (Lipinski definition) is 4. The van der Waals surface area contributed by atoms with Gasteiger partial charge in [-0.1, -0.05) is 74.5 Å². The summed E-state index contributed by atoms with van der Waals surface area (Å²) in [4.78, 5) is 5.04. The fourth-order valence-electron chi connectivity index (χ4n) is 5.53. The van der Waals surface area contributed by atoms with Gasteiger partial charge in [-0.05, 0) is 36.8 Å². The summed E-state index contributed by atoms with van der Waals surface area (Å²) in [6.45, 7) is 9.09. The fraction of sp³-hybridized carbons (Fsp3) is 0.536. The summed E-state index contributed by atoms with van der Waals surface area (Å²) in [6.07, 6.45) is 3.68. The minimum atomic E-state index is -0.395. The minimum absolute atomic E-state index is 0.264. The van der Waals surface area contributed by atoms with Gasteiger partial charge in [0.25, 0.3) is 0 Å². The lowest BCUT2D eigenvalue weighted by Crippen LogP contribution is -2.54. The molecule has 1 unspecified atom stereocenters. The Hall–Kier alpha value is -2.19. The van der Waals surface area contributed by atoms with Gasteiger partial charge in [-0.3, -0.25) is 9.80 Å². The number of benzene rings is 2. The number of aliphatic hydroxyl groups is 1. The van der Waals surface area contributed by atoms with Crippen LogP contribution in [0.1, 0.15) is 50.7 Å². The van der Waals surface area contributed by atoms with Gasteiger partial charge in [0, 0.05) is 44.2 Å². The van der Waals surface area contributed by atoms with E-state index in [9.17, 15) is 10.4 Å². The van der Waals surface area contributed by atoms with Crippen molar-refractivity contribution in [3.63, 3.8) is 0 Å². The van der Waals surface area contributed by atoms with Gasteiger partial charge >= 0.3 is 0 Å². The molecule has 1 aliphatic carbocycles. The molecule has 1 aliphatic heterocycles. The van der Waals surface area contributed by atoms with Gasteiger partial charge in [0.05, 0.1) is 17.6 Å². The first kappa shape index (κ1) is 23.0. The molecule has 2 fully saturated rings. The van der Waals surface area contributed by atoms with Crippen molar-refractivity contribution < 1.29 is 5.11 Å². The first-order chi connectivity index (χ1) is 15.4. The lowest BCUT2D eigenvalue weighted by molar-refractivity contribution is 0.0209. The molecule has 4 heteroatoms. The summed E-state index contributed by atoms with van der Waals surface area (Å²) in [5.74, 6) is 0. The fourth-order valence-corrected chi connectivity index (χ4v) is 5.53. The normalized spacial score (nSPS) is 26.4. The summed E-state index contributed by atoms with van der Waals surface area (Å²) in [7, 11) is 0. The molecule has 2 aromatic rings. The molecule has 1 atom stereocenters. The molecule has 4 rings (SSSR count). The van der Waals surface area contributed by atoms with E-state index in [1.807, 2.05) is 36.4 Å².